The van der Waals surface area contributed by atoms with Crippen molar-refractivity contribution in [3.63, 3.8) is 0 Å². The molecule has 0 aliphatic rings. The summed E-state index contributed by atoms with van der Waals surface area (Å²) in [6.07, 6.45) is 5.43. The monoisotopic (exact) mass is 157 g/mol. The van der Waals surface area contributed by atoms with Crippen molar-refractivity contribution < 1.29 is 0 Å². The second-order valence-corrected chi connectivity index (χ2v) is 2.60. The van der Waals surface area contributed by atoms with E-state index in [-0.39, 0.29) is 0 Å². The average Bonchev–Trinajstić information content (AvgIpc) is 2.57. The Kier molecular flexibility index (Phi) is 1.67. The van der Waals surface area contributed by atoms with Crippen LogP contribution in [0.25, 0.3) is 5.69 Å². The molecule has 0 amide bonds. The average molecular weight is 157 g/mol. The number of hydrogen-bond acceptors (Lipinski definition) is 1. The van der Waals surface area contributed by atoms with Gasteiger partial charge in [0.1, 0.15) is 0 Å². The smallest absolute Gasteiger partial charge is 0.0991 e. The summed E-state index contributed by atoms with van der Waals surface area (Å²) >= 11 is 0. The van der Waals surface area contributed by atoms with Gasteiger partial charge in [0.2, 0.25) is 0 Å². The van der Waals surface area contributed by atoms with Gasteiger partial charge in [0.25, 0.3) is 0 Å². The first-order chi connectivity index (χ1) is 5.88. The molecule has 0 atom stereocenters. The zero-order chi connectivity index (χ0) is 8.39. The van der Waals surface area contributed by atoms with Gasteiger partial charge in [-0.3, -0.25) is 0 Å². The third-order valence-electron chi connectivity index (χ3n) is 1.77. The number of hydrogen-bond donors (Lipinski definition) is 0. The first-order valence-electron chi connectivity index (χ1n) is 3.77. The fourth-order valence-electron chi connectivity index (χ4n) is 1.16. The van der Waals surface area contributed by atoms with Crippen LogP contribution in [0.1, 0.15) is 5.56 Å². The predicted molar refractivity (Wildman–Crippen MR) is 48.0 cm³/mol. The number of aromatic nitrogens is 2. The summed E-state index contributed by atoms with van der Waals surface area (Å²) in [5.41, 5.74) is 2.09. The lowest BCUT2D eigenvalue weighted by atomic mass is 10.2. The molecule has 0 bridgehead atoms. The highest BCUT2D eigenvalue weighted by Crippen LogP contribution is 2.11. The van der Waals surface area contributed by atoms with Crippen molar-refractivity contribution in [2.45, 2.75) is 0 Å². The van der Waals surface area contributed by atoms with Crippen LogP contribution in [0.2, 0.25) is 0 Å². The Labute approximate surface area is 71.5 Å². The van der Waals surface area contributed by atoms with Crippen molar-refractivity contribution in [3.8, 4) is 5.69 Å². The van der Waals surface area contributed by atoms with E-state index in [2.05, 4.69) is 11.9 Å². The molecule has 1 radical (unpaired) electrons. The summed E-state index contributed by atoms with van der Waals surface area (Å²) < 4.78 is 1.95. The van der Waals surface area contributed by atoms with E-state index >= 15 is 0 Å². The van der Waals surface area contributed by atoms with E-state index in [1.807, 2.05) is 35.0 Å². The van der Waals surface area contributed by atoms with E-state index in [9.17, 15) is 0 Å². The molecule has 0 saturated heterocycles. The Morgan fingerprint density at radius 2 is 2.08 bits per heavy atom. The summed E-state index contributed by atoms with van der Waals surface area (Å²) in [4.78, 5) is 3.97. The second kappa shape index (κ2) is 2.81. The lowest BCUT2D eigenvalue weighted by molar-refractivity contribution is 1.05. The third-order valence-corrected chi connectivity index (χ3v) is 1.77. The Morgan fingerprint density at radius 1 is 1.25 bits per heavy atom. The molecule has 2 aromatic rings. The molecular weight excluding hydrogens is 148 g/mol. The fourth-order valence-corrected chi connectivity index (χ4v) is 1.16. The zero-order valence-electron chi connectivity index (χ0n) is 6.64. The topological polar surface area (TPSA) is 17.8 Å². The first-order valence-corrected chi connectivity index (χ1v) is 3.77. The van der Waals surface area contributed by atoms with Crippen LogP contribution in [0, 0.1) is 6.92 Å². The molecule has 0 fully saturated rings. The van der Waals surface area contributed by atoms with Crippen LogP contribution in [0.3, 0.4) is 0 Å². The first kappa shape index (κ1) is 7.10. The van der Waals surface area contributed by atoms with E-state index < -0.39 is 0 Å². The van der Waals surface area contributed by atoms with Gasteiger partial charge in [0.05, 0.1) is 6.33 Å². The Hall–Kier alpha value is -1.57. The highest BCUT2D eigenvalue weighted by Gasteiger charge is 1.96. The van der Waals surface area contributed by atoms with E-state index in [0.717, 1.165) is 11.3 Å². The van der Waals surface area contributed by atoms with Crippen molar-refractivity contribution in [2.24, 2.45) is 0 Å². The number of benzene rings is 1. The van der Waals surface area contributed by atoms with Gasteiger partial charge in [-0.15, -0.1) is 0 Å². The van der Waals surface area contributed by atoms with Gasteiger partial charge in [0.15, 0.2) is 0 Å². The summed E-state index contributed by atoms with van der Waals surface area (Å²) in [5, 5.41) is 0. The van der Waals surface area contributed by atoms with Crippen LogP contribution in [0.15, 0.2) is 43.0 Å². The molecule has 2 heteroatoms. The maximum absolute atomic E-state index is 3.97. The number of imidazole rings is 1. The SMILES string of the molecule is [CH2]c1ccccc1-n1ccnc1. The molecule has 2 rings (SSSR count). The van der Waals surface area contributed by atoms with E-state index in [1.165, 1.54) is 0 Å². The quantitative estimate of drug-likeness (QED) is 0.619. The molecule has 12 heavy (non-hydrogen) atoms. The van der Waals surface area contributed by atoms with Crippen LogP contribution in [-0.2, 0) is 0 Å². The molecule has 0 N–H and O–H groups in total. The molecule has 0 unspecified atom stereocenters. The third kappa shape index (κ3) is 1.11. The fraction of sp³-hybridized carbons (Fsp3) is 0. The minimum Gasteiger partial charge on any atom is -0.306 e. The molecule has 0 saturated carbocycles. The standard InChI is InChI=1S/C10H9N2/c1-9-4-2-3-5-10(9)12-7-6-11-8-12/h2-8H,1H2. The lowest BCUT2D eigenvalue weighted by Crippen LogP contribution is -1.92. The molecule has 0 aliphatic heterocycles. The van der Waals surface area contributed by atoms with Crippen molar-refractivity contribution in [1.29, 1.82) is 0 Å². The number of nitrogens with zero attached hydrogens (tertiary/aromatic N) is 2. The molecule has 0 aliphatic carbocycles. The molecule has 1 aromatic carbocycles. The van der Waals surface area contributed by atoms with Crippen LogP contribution >= 0.6 is 0 Å². The molecular formula is C10H9N2. The highest BCUT2D eigenvalue weighted by molar-refractivity contribution is 5.42. The van der Waals surface area contributed by atoms with Crippen molar-refractivity contribution >= 4 is 0 Å². The second-order valence-electron chi connectivity index (χ2n) is 2.60. The molecule has 1 aromatic heterocycles. The van der Waals surface area contributed by atoms with Crippen LogP contribution in [-0.4, -0.2) is 9.55 Å². The normalized spacial score (nSPS) is 10.1. The van der Waals surface area contributed by atoms with Gasteiger partial charge in [0, 0.05) is 18.1 Å². The van der Waals surface area contributed by atoms with Crippen LogP contribution < -0.4 is 0 Å². The summed E-state index contributed by atoms with van der Waals surface area (Å²) in [6, 6.07) is 7.96. The van der Waals surface area contributed by atoms with Crippen LogP contribution in [0.4, 0.5) is 0 Å². The lowest BCUT2D eigenvalue weighted by Gasteiger charge is -2.04. The van der Waals surface area contributed by atoms with Crippen molar-refractivity contribution in [1.82, 2.24) is 9.55 Å². The Morgan fingerprint density at radius 3 is 2.75 bits per heavy atom. The Balaban J connectivity index is 2.55. The number of rotatable bonds is 1. The van der Waals surface area contributed by atoms with Crippen molar-refractivity contribution in [2.75, 3.05) is 0 Å². The zero-order valence-corrected chi connectivity index (χ0v) is 6.64. The van der Waals surface area contributed by atoms with E-state index in [4.69, 9.17) is 0 Å². The van der Waals surface area contributed by atoms with Gasteiger partial charge in [-0.25, -0.2) is 4.98 Å². The minimum atomic E-state index is 1.01. The molecule has 2 nitrogen and oxygen atoms in total. The van der Waals surface area contributed by atoms with Gasteiger partial charge >= 0.3 is 0 Å². The molecule has 59 valence electrons. The number of para-hydroxylation sites is 1. The summed E-state index contributed by atoms with van der Waals surface area (Å²) in [5.74, 6) is 0. The van der Waals surface area contributed by atoms with E-state index in [1.54, 1.807) is 12.5 Å². The maximum atomic E-state index is 3.97. The highest BCUT2D eigenvalue weighted by atomic mass is 15.0. The maximum Gasteiger partial charge on any atom is 0.0991 e. The van der Waals surface area contributed by atoms with Gasteiger partial charge in [-0.2, -0.15) is 0 Å². The predicted octanol–water partition coefficient (Wildman–Crippen LogP) is 2.05. The Bertz CT molecular complexity index is 363. The van der Waals surface area contributed by atoms with Crippen molar-refractivity contribution in [3.05, 3.63) is 55.5 Å². The minimum absolute atomic E-state index is 1.01. The summed E-state index contributed by atoms with van der Waals surface area (Å²) in [7, 11) is 0. The van der Waals surface area contributed by atoms with Crippen LogP contribution in [0.5, 0.6) is 0 Å². The molecule has 0 spiro atoms. The van der Waals surface area contributed by atoms with Gasteiger partial charge in [-0.1, -0.05) is 18.2 Å². The van der Waals surface area contributed by atoms with Gasteiger partial charge < -0.3 is 4.57 Å². The summed E-state index contributed by atoms with van der Waals surface area (Å²) in [6.45, 7) is 3.93. The molecule has 1 heterocycles. The van der Waals surface area contributed by atoms with E-state index in [0.29, 0.717) is 0 Å². The largest absolute Gasteiger partial charge is 0.306 e. The van der Waals surface area contributed by atoms with Gasteiger partial charge in [-0.05, 0) is 18.6 Å².